The molecule has 3 amide bonds. The average Bonchev–Trinajstić information content (AvgIpc) is 2.82. The van der Waals surface area contributed by atoms with Gasteiger partial charge in [0, 0.05) is 11.3 Å². The summed E-state index contributed by atoms with van der Waals surface area (Å²) in [4.78, 5) is 41.9. The van der Waals surface area contributed by atoms with Gasteiger partial charge in [0.25, 0.3) is 5.91 Å². The lowest BCUT2D eigenvalue weighted by Gasteiger charge is -2.13. The van der Waals surface area contributed by atoms with Gasteiger partial charge in [-0.2, -0.15) is 0 Å². The third-order valence-electron chi connectivity index (χ3n) is 3.99. The van der Waals surface area contributed by atoms with Gasteiger partial charge in [-0.25, -0.2) is 4.98 Å². The van der Waals surface area contributed by atoms with Gasteiger partial charge in [0.2, 0.25) is 11.8 Å². The molecule has 7 nitrogen and oxygen atoms in total. The van der Waals surface area contributed by atoms with Crippen LogP contribution in [0.2, 0.25) is 0 Å². The zero-order valence-corrected chi connectivity index (χ0v) is 14.7. The molecule has 2 heterocycles. The van der Waals surface area contributed by atoms with Crippen molar-refractivity contribution in [3.8, 4) is 0 Å². The molecule has 3 rings (SSSR count). The maximum Gasteiger partial charge on any atom is 0.254 e. The molecule has 0 saturated carbocycles. The van der Waals surface area contributed by atoms with Crippen molar-refractivity contribution in [1.29, 1.82) is 0 Å². The number of thiazole rings is 1. The molecule has 25 heavy (non-hydrogen) atoms. The van der Waals surface area contributed by atoms with E-state index in [1.165, 1.54) is 11.3 Å². The number of fused-ring (bicyclic) bond motifs is 1. The van der Waals surface area contributed by atoms with Crippen LogP contribution in [-0.4, -0.2) is 28.7 Å². The quantitative estimate of drug-likeness (QED) is 0.780. The van der Waals surface area contributed by atoms with Crippen molar-refractivity contribution in [1.82, 2.24) is 10.3 Å². The number of nitrogens with one attached hydrogen (secondary N) is 3. The summed E-state index contributed by atoms with van der Waals surface area (Å²) in [5.41, 5.74) is 1.77. The fourth-order valence-corrected chi connectivity index (χ4v) is 3.33. The Morgan fingerprint density at radius 2 is 2.04 bits per heavy atom. The van der Waals surface area contributed by atoms with Crippen molar-refractivity contribution in [3.63, 3.8) is 0 Å². The number of hydrogen-bond acceptors (Lipinski definition) is 5. The first-order valence-corrected chi connectivity index (χ1v) is 8.70. The smallest absolute Gasteiger partial charge is 0.254 e. The molecule has 0 radical (unpaired) electrons. The van der Waals surface area contributed by atoms with Crippen LogP contribution in [0.1, 0.15) is 33.8 Å². The number of amides is 3. The standard InChI is InChI=1S/C17H18N4O3S/c1-9-10(2)25-17(18-9)21-14(22)8-7-13-16(24)19-12-6-4-3-5-11(12)15(23)20-13/h3-6,13H,7-8H2,1-2H3,(H,19,24)(H,20,23)(H,18,21,22)/t13-/m1/s1. The highest BCUT2D eigenvalue weighted by molar-refractivity contribution is 7.15. The third-order valence-corrected chi connectivity index (χ3v) is 4.97. The molecule has 130 valence electrons. The number of hydrogen-bond donors (Lipinski definition) is 3. The van der Waals surface area contributed by atoms with Gasteiger partial charge >= 0.3 is 0 Å². The molecule has 1 aliphatic rings. The second kappa shape index (κ2) is 7.02. The van der Waals surface area contributed by atoms with Crippen molar-refractivity contribution in [2.45, 2.75) is 32.7 Å². The Balaban J connectivity index is 1.60. The Kier molecular flexibility index (Phi) is 4.80. The van der Waals surface area contributed by atoms with Gasteiger partial charge in [0.15, 0.2) is 5.13 Å². The van der Waals surface area contributed by atoms with Gasteiger partial charge in [0.05, 0.1) is 16.9 Å². The molecule has 0 aliphatic carbocycles. The molecule has 1 aliphatic heterocycles. The number of benzene rings is 1. The zero-order valence-electron chi connectivity index (χ0n) is 13.9. The number of carbonyl (C=O) groups excluding carboxylic acids is 3. The van der Waals surface area contributed by atoms with Crippen LogP contribution in [0.15, 0.2) is 24.3 Å². The first-order valence-electron chi connectivity index (χ1n) is 7.88. The molecule has 3 N–H and O–H groups in total. The van der Waals surface area contributed by atoms with E-state index in [0.717, 1.165) is 10.6 Å². The summed E-state index contributed by atoms with van der Waals surface area (Å²) < 4.78 is 0. The van der Waals surface area contributed by atoms with Gasteiger partial charge in [-0.15, -0.1) is 11.3 Å². The minimum Gasteiger partial charge on any atom is -0.340 e. The van der Waals surface area contributed by atoms with E-state index in [2.05, 4.69) is 20.9 Å². The van der Waals surface area contributed by atoms with Crippen molar-refractivity contribution < 1.29 is 14.4 Å². The summed E-state index contributed by atoms with van der Waals surface area (Å²) in [6.45, 7) is 3.82. The third kappa shape index (κ3) is 3.85. The van der Waals surface area contributed by atoms with Crippen molar-refractivity contribution in [2.24, 2.45) is 0 Å². The van der Waals surface area contributed by atoms with Crippen LogP contribution >= 0.6 is 11.3 Å². The number of aryl methyl sites for hydroxylation is 2. The molecule has 1 aromatic heterocycles. The zero-order chi connectivity index (χ0) is 18.0. The number of anilines is 2. The summed E-state index contributed by atoms with van der Waals surface area (Å²) >= 11 is 1.41. The number of rotatable bonds is 4. The predicted octanol–water partition coefficient (Wildman–Crippen LogP) is 2.23. The lowest BCUT2D eigenvalue weighted by molar-refractivity contribution is -0.118. The first kappa shape index (κ1) is 17.1. The fourth-order valence-electron chi connectivity index (χ4n) is 2.50. The van der Waals surface area contributed by atoms with E-state index in [4.69, 9.17) is 0 Å². The van der Waals surface area contributed by atoms with Gasteiger partial charge in [0.1, 0.15) is 6.04 Å². The van der Waals surface area contributed by atoms with Gasteiger partial charge in [-0.1, -0.05) is 12.1 Å². The number of para-hydroxylation sites is 1. The SMILES string of the molecule is Cc1nc(NC(=O)CC[C@H]2NC(=O)c3ccccc3NC2=O)sc1C. The van der Waals surface area contributed by atoms with Crippen molar-refractivity contribution >= 4 is 39.9 Å². The van der Waals surface area contributed by atoms with E-state index < -0.39 is 6.04 Å². The normalized spacial score (nSPS) is 16.5. The molecule has 2 aromatic rings. The lowest BCUT2D eigenvalue weighted by atomic mass is 10.1. The van der Waals surface area contributed by atoms with Crippen LogP contribution in [0.4, 0.5) is 10.8 Å². The molecular formula is C17H18N4O3S. The van der Waals surface area contributed by atoms with Crippen LogP contribution in [0.25, 0.3) is 0 Å². The van der Waals surface area contributed by atoms with E-state index in [9.17, 15) is 14.4 Å². The molecular weight excluding hydrogens is 340 g/mol. The summed E-state index contributed by atoms with van der Waals surface area (Å²) in [7, 11) is 0. The van der Waals surface area contributed by atoms with Crippen LogP contribution in [0.3, 0.4) is 0 Å². The first-order chi connectivity index (χ1) is 11.9. The van der Waals surface area contributed by atoms with Crippen LogP contribution in [-0.2, 0) is 9.59 Å². The van der Waals surface area contributed by atoms with E-state index in [1.807, 2.05) is 13.8 Å². The minimum atomic E-state index is -0.759. The second-order valence-electron chi connectivity index (χ2n) is 5.81. The minimum absolute atomic E-state index is 0.104. The van der Waals surface area contributed by atoms with E-state index in [0.29, 0.717) is 16.4 Å². The molecule has 0 unspecified atom stereocenters. The highest BCUT2D eigenvalue weighted by Crippen LogP contribution is 2.22. The van der Waals surface area contributed by atoms with Gasteiger partial charge in [-0.3, -0.25) is 14.4 Å². The molecule has 8 heteroatoms. The Labute approximate surface area is 148 Å². The number of nitrogens with zero attached hydrogens (tertiary/aromatic N) is 1. The highest BCUT2D eigenvalue weighted by atomic mass is 32.1. The van der Waals surface area contributed by atoms with E-state index in [1.54, 1.807) is 24.3 Å². The maximum atomic E-state index is 12.3. The van der Waals surface area contributed by atoms with Gasteiger partial charge in [-0.05, 0) is 32.4 Å². The Bertz CT molecular complexity index is 827. The Morgan fingerprint density at radius 3 is 2.76 bits per heavy atom. The summed E-state index contributed by atoms with van der Waals surface area (Å²) in [6, 6.07) is 6.04. The average molecular weight is 358 g/mol. The summed E-state index contributed by atoms with van der Waals surface area (Å²) in [5, 5.41) is 8.67. The number of carbonyl (C=O) groups is 3. The largest absolute Gasteiger partial charge is 0.340 e. The van der Waals surface area contributed by atoms with Crippen molar-refractivity contribution in [3.05, 3.63) is 40.4 Å². The van der Waals surface area contributed by atoms with Crippen LogP contribution in [0.5, 0.6) is 0 Å². The molecule has 0 saturated heterocycles. The van der Waals surface area contributed by atoms with E-state index >= 15 is 0 Å². The van der Waals surface area contributed by atoms with E-state index in [-0.39, 0.29) is 30.6 Å². The fraction of sp³-hybridized carbons (Fsp3) is 0.294. The van der Waals surface area contributed by atoms with Crippen molar-refractivity contribution in [2.75, 3.05) is 10.6 Å². The van der Waals surface area contributed by atoms with Gasteiger partial charge < -0.3 is 16.0 Å². The predicted molar refractivity (Wildman–Crippen MR) is 95.8 cm³/mol. The second-order valence-corrected chi connectivity index (χ2v) is 7.01. The van der Waals surface area contributed by atoms with Crippen LogP contribution in [0, 0.1) is 13.8 Å². The molecule has 1 atom stereocenters. The molecule has 0 fully saturated rings. The summed E-state index contributed by atoms with van der Waals surface area (Å²) in [6.07, 6.45) is 0.313. The summed E-state index contributed by atoms with van der Waals surface area (Å²) in [5.74, 6) is -0.893. The number of aromatic nitrogens is 1. The maximum absolute atomic E-state index is 12.3. The topological polar surface area (TPSA) is 100 Å². The lowest BCUT2D eigenvalue weighted by Crippen LogP contribution is -2.41. The molecule has 1 aromatic carbocycles. The Morgan fingerprint density at radius 1 is 1.28 bits per heavy atom. The monoisotopic (exact) mass is 358 g/mol. The molecule has 0 bridgehead atoms. The Hall–Kier alpha value is -2.74. The van der Waals surface area contributed by atoms with Crippen LogP contribution < -0.4 is 16.0 Å². The molecule has 0 spiro atoms. The highest BCUT2D eigenvalue weighted by Gasteiger charge is 2.27.